The molecular formula is C18H18ClFN6O3S2. The highest BCUT2D eigenvalue weighted by Crippen LogP contribution is 2.34. The van der Waals surface area contributed by atoms with E-state index in [1.165, 1.54) is 30.5 Å². The summed E-state index contributed by atoms with van der Waals surface area (Å²) in [6, 6.07) is 3.89. The van der Waals surface area contributed by atoms with Gasteiger partial charge in [0.15, 0.2) is 0 Å². The topological polar surface area (TPSA) is 109 Å². The van der Waals surface area contributed by atoms with E-state index >= 15 is 0 Å². The summed E-state index contributed by atoms with van der Waals surface area (Å²) in [6.07, 6.45) is 3.59. The number of halogens is 2. The molecule has 0 spiro atoms. The standard InChI is InChI=1S/C18H18ClFN6O3S2/c1-25-6-5-13(23-25)16-9-21-18(30-16)14-8-15(26(2)31(28,29)24-14)17(27)22-10-3-4-12(20)11(19)7-10/h3-7,9,14-15,24H,8H2,1-2H3,(H,22,27). The van der Waals surface area contributed by atoms with Crippen LogP contribution in [0.3, 0.4) is 0 Å². The highest BCUT2D eigenvalue weighted by Gasteiger charge is 2.41. The molecule has 0 saturated carbocycles. The van der Waals surface area contributed by atoms with E-state index in [1.54, 1.807) is 24.1 Å². The Hall–Kier alpha value is -2.38. The van der Waals surface area contributed by atoms with E-state index in [9.17, 15) is 17.6 Å². The molecule has 1 saturated heterocycles. The summed E-state index contributed by atoms with van der Waals surface area (Å²) in [5, 5.41) is 7.30. The maximum absolute atomic E-state index is 13.4. The summed E-state index contributed by atoms with van der Waals surface area (Å²) in [7, 11) is -0.807. The molecule has 2 aromatic heterocycles. The maximum atomic E-state index is 13.4. The molecule has 164 valence electrons. The molecule has 13 heteroatoms. The molecule has 0 bridgehead atoms. The van der Waals surface area contributed by atoms with E-state index in [0.717, 1.165) is 20.9 Å². The molecule has 9 nitrogen and oxygen atoms in total. The lowest BCUT2D eigenvalue weighted by Gasteiger charge is -2.35. The van der Waals surface area contributed by atoms with E-state index in [0.29, 0.717) is 5.01 Å². The second kappa shape index (κ2) is 8.28. The summed E-state index contributed by atoms with van der Waals surface area (Å²) >= 11 is 7.06. The van der Waals surface area contributed by atoms with Crippen molar-refractivity contribution >= 4 is 44.7 Å². The number of rotatable bonds is 4. The summed E-state index contributed by atoms with van der Waals surface area (Å²) in [5.74, 6) is -1.17. The lowest BCUT2D eigenvalue weighted by molar-refractivity contribution is -0.120. The van der Waals surface area contributed by atoms with E-state index in [1.807, 2.05) is 6.07 Å². The van der Waals surface area contributed by atoms with Crippen molar-refractivity contribution in [1.82, 2.24) is 23.8 Å². The highest BCUT2D eigenvalue weighted by atomic mass is 35.5. The predicted octanol–water partition coefficient (Wildman–Crippen LogP) is 2.55. The van der Waals surface area contributed by atoms with Gasteiger partial charge in [-0.1, -0.05) is 11.6 Å². The number of nitrogens with zero attached hydrogens (tertiary/aromatic N) is 4. The smallest absolute Gasteiger partial charge is 0.280 e. The number of likely N-dealkylation sites (N-methyl/N-ethyl adjacent to an activating group) is 1. The van der Waals surface area contributed by atoms with Gasteiger partial charge in [0.2, 0.25) is 5.91 Å². The summed E-state index contributed by atoms with van der Waals surface area (Å²) in [4.78, 5) is 18.0. The molecule has 2 atom stereocenters. The first-order chi connectivity index (χ1) is 14.6. The zero-order valence-electron chi connectivity index (χ0n) is 16.4. The van der Waals surface area contributed by atoms with E-state index < -0.39 is 34.0 Å². The number of aryl methyl sites for hydroxylation is 1. The van der Waals surface area contributed by atoms with Crippen molar-refractivity contribution in [1.29, 1.82) is 0 Å². The van der Waals surface area contributed by atoms with Crippen LogP contribution in [0.5, 0.6) is 0 Å². The number of carbonyl (C=O) groups excluding carboxylic acids is 1. The molecule has 1 aliphatic heterocycles. The number of thiazole rings is 1. The first-order valence-corrected chi connectivity index (χ1v) is 11.7. The van der Waals surface area contributed by atoms with Crippen molar-refractivity contribution in [3.8, 4) is 10.6 Å². The van der Waals surface area contributed by atoms with Crippen LogP contribution in [0.25, 0.3) is 10.6 Å². The van der Waals surface area contributed by atoms with Gasteiger partial charge in [0.05, 0.1) is 15.9 Å². The van der Waals surface area contributed by atoms with Crippen LogP contribution in [0.2, 0.25) is 5.02 Å². The quantitative estimate of drug-likeness (QED) is 0.591. The van der Waals surface area contributed by atoms with Gasteiger partial charge in [-0.15, -0.1) is 11.3 Å². The summed E-state index contributed by atoms with van der Waals surface area (Å²) < 4.78 is 43.8. The Kier molecular flexibility index (Phi) is 5.83. The molecule has 1 fully saturated rings. The van der Waals surface area contributed by atoms with E-state index in [2.05, 4.69) is 20.1 Å². The van der Waals surface area contributed by atoms with Crippen LogP contribution in [0, 0.1) is 5.82 Å². The fourth-order valence-corrected chi connectivity index (χ4v) is 5.64. The number of hydrogen-bond acceptors (Lipinski definition) is 6. The monoisotopic (exact) mass is 484 g/mol. The van der Waals surface area contributed by atoms with Crippen LogP contribution in [-0.4, -0.2) is 46.5 Å². The molecule has 2 N–H and O–H groups in total. The normalized spacial score (nSPS) is 21.2. The van der Waals surface area contributed by atoms with Gasteiger partial charge >= 0.3 is 0 Å². The van der Waals surface area contributed by atoms with Gasteiger partial charge in [-0.3, -0.25) is 9.48 Å². The van der Waals surface area contributed by atoms with Crippen molar-refractivity contribution in [2.75, 3.05) is 12.4 Å². The molecule has 3 heterocycles. The van der Waals surface area contributed by atoms with Crippen LogP contribution < -0.4 is 10.0 Å². The Morgan fingerprint density at radius 1 is 1.35 bits per heavy atom. The SMILES string of the molecule is CN1C(C(=O)Nc2ccc(F)c(Cl)c2)CC(c2ncc(-c3ccn(C)n3)s2)NS1(=O)=O. The second-order valence-electron chi connectivity index (χ2n) is 7.00. The van der Waals surface area contributed by atoms with Crippen molar-refractivity contribution in [2.24, 2.45) is 7.05 Å². The Bertz CT molecular complexity index is 1240. The third kappa shape index (κ3) is 4.48. The summed E-state index contributed by atoms with van der Waals surface area (Å²) in [6.45, 7) is 0. The Morgan fingerprint density at radius 2 is 2.13 bits per heavy atom. The fourth-order valence-electron chi connectivity index (χ4n) is 3.19. The van der Waals surface area contributed by atoms with Crippen molar-refractivity contribution in [3.05, 3.63) is 52.5 Å². The minimum Gasteiger partial charge on any atom is -0.325 e. The van der Waals surface area contributed by atoms with Crippen molar-refractivity contribution < 1.29 is 17.6 Å². The first kappa shape index (κ1) is 21.8. The Balaban J connectivity index is 1.57. The predicted molar refractivity (Wildman–Crippen MR) is 115 cm³/mol. The maximum Gasteiger partial charge on any atom is 0.280 e. The van der Waals surface area contributed by atoms with Gasteiger partial charge in [-0.05, 0) is 30.7 Å². The molecular weight excluding hydrogens is 467 g/mol. The molecule has 1 aromatic carbocycles. The number of hydrogen-bond donors (Lipinski definition) is 2. The largest absolute Gasteiger partial charge is 0.325 e. The highest BCUT2D eigenvalue weighted by molar-refractivity contribution is 7.87. The second-order valence-corrected chi connectivity index (χ2v) is 10.2. The first-order valence-electron chi connectivity index (χ1n) is 9.11. The zero-order chi connectivity index (χ0) is 22.3. The third-order valence-corrected chi connectivity index (χ3v) is 7.86. The third-order valence-electron chi connectivity index (χ3n) is 4.85. The van der Waals surface area contributed by atoms with E-state index in [4.69, 9.17) is 11.6 Å². The average molecular weight is 485 g/mol. The van der Waals surface area contributed by atoms with Crippen LogP contribution in [-0.2, 0) is 22.1 Å². The number of anilines is 1. The lowest BCUT2D eigenvalue weighted by Crippen LogP contribution is -2.55. The Morgan fingerprint density at radius 3 is 2.81 bits per heavy atom. The van der Waals surface area contributed by atoms with Gasteiger partial charge in [-0.25, -0.2) is 9.37 Å². The molecule has 0 radical (unpaired) electrons. The molecule has 1 amide bonds. The van der Waals surface area contributed by atoms with Crippen LogP contribution in [0.15, 0.2) is 36.7 Å². The molecule has 31 heavy (non-hydrogen) atoms. The number of nitrogens with one attached hydrogen (secondary N) is 2. The van der Waals surface area contributed by atoms with Crippen LogP contribution >= 0.6 is 22.9 Å². The number of benzene rings is 1. The van der Waals surface area contributed by atoms with Gasteiger partial charge in [0.25, 0.3) is 10.2 Å². The van der Waals surface area contributed by atoms with Crippen LogP contribution in [0.1, 0.15) is 17.5 Å². The number of aromatic nitrogens is 3. The molecule has 4 rings (SSSR count). The van der Waals surface area contributed by atoms with Gasteiger partial charge < -0.3 is 5.32 Å². The molecule has 0 aliphatic carbocycles. The molecule has 2 unspecified atom stereocenters. The van der Waals surface area contributed by atoms with E-state index in [-0.39, 0.29) is 17.1 Å². The van der Waals surface area contributed by atoms with Crippen molar-refractivity contribution in [2.45, 2.75) is 18.5 Å². The molecule has 1 aliphatic rings. The number of carbonyl (C=O) groups is 1. The minimum absolute atomic E-state index is 0.146. The van der Waals surface area contributed by atoms with Crippen molar-refractivity contribution in [3.63, 3.8) is 0 Å². The lowest BCUT2D eigenvalue weighted by atomic mass is 10.1. The van der Waals surface area contributed by atoms with Gasteiger partial charge in [-0.2, -0.15) is 22.5 Å². The van der Waals surface area contributed by atoms with Gasteiger partial charge in [0.1, 0.15) is 22.6 Å². The number of amides is 1. The average Bonchev–Trinajstić information content (AvgIpc) is 3.35. The van der Waals surface area contributed by atoms with Gasteiger partial charge in [0, 0.05) is 32.2 Å². The molecule has 3 aromatic rings. The minimum atomic E-state index is -3.93. The zero-order valence-corrected chi connectivity index (χ0v) is 18.8. The van der Waals surface area contributed by atoms with Crippen LogP contribution in [0.4, 0.5) is 10.1 Å². The fraction of sp³-hybridized carbons (Fsp3) is 0.278. The summed E-state index contributed by atoms with van der Waals surface area (Å²) in [5.41, 5.74) is 0.994. The Labute approximate surface area is 187 Å².